The molecule has 0 aromatic heterocycles. The Bertz CT molecular complexity index is 482. The standard InChI is InChI=1S/C15H17NO2/c1-2-14(17)12-5-3-4-6-13(12)15(11-16)7-9-18-10-8-15/h3-6H,2,7-10H2,1H3. The maximum atomic E-state index is 12.0. The fraction of sp³-hybridized carbons (Fsp3) is 0.467. The Morgan fingerprint density at radius 3 is 2.67 bits per heavy atom. The van der Waals surface area contributed by atoms with Crippen molar-refractivity contribution in [3.05, 3.63) is 35.4 Å². The molecule has 1 aromatic rings. The molecule has 0 unspecified atom stereocenters. The zero-order valence-corrected chi connectivity index (χ0v) is 10.6. The molecule has 0 bridgehead atoms. The summed E-state index contributed by atoms with van der Waals surface area (Å²) in [6.45, 7) is 3.02. The van der Waals surface area contributed by atoms with E-state index < -0.39 is 5.41 Å². The Balaban J connectivity index is 2.49. The summed E-state index contributed by atoms with van der Waals surface area (Å²) in [6, 6.07) is 9.92. The molecule has 0 aliphatic carbocycles. The zero-order valence-electron chi connectivity index (χ0n) is 10.6. The van der Waals surface area contributed by atoms with Gasteiger partial charge in [0.1, 0.15) is 0 Å². The normalized spacial score (nSPS) is 18.0. The van der Waals surface area contributed by atoms with Crippen LogP contribution in [-0.4, -0.2) is 19.0 Å². The number of carbonyl (C=O) groups is 1. The van der Waals surface area contributed by atoms with Crippen LogP contribution in [0.2, 0.25) is 0 Å². The topological polar surface area (TPSA) is 50.1 Å². The van der Waals surface area contributed by atoms with Crippen LogP contribution in [0, 0.1) is 11.3 Å². The number of nitriles is 1. The largest absolute Gasteiger partial charge is 0.381 e. The summed E-state index contributed by atoms with van der Waals surface area (Å²) in [6.07, 6.45) is 1.80. The van der Waals surface area contributed by atoms with E-state index in [-0.39, 0.29) is 5.78 Å². The Labute approximate surface area is 107 Å². The molecule has 1 saturated heterocycles. The zero-order chi connectivity index (χ0) is 13.0. The Morgan fingerprint density at radius 1 is 1.39 bits per heavy atom. The Morgan fingerprint density at radius 2 is 2.06 bits per heavy atom. The van der Waals surface area contributed by atoms with Crippen molar-refractivity contribution < 1.29 is 9.53 Å². The average Bonchev–Trinajstić information content (AvgIpc) is 2.47. The van der Waals surface area contributed by atoms with Gasteiger partial charge in [-0.15, -0.1) is 0 Å². The van der Waals surface area contributed by atoms with Gasteiger partial charge in [-0.1, -0.05) is 31.2 Å². The lowest BCUT2D eigenvalue weighted by Crippen LogP contribution is -2.33. The first-order chi connectivity index (χ1) is 8.73. The van der Waals surface area contributed by atoms with Gasteiger partial charge < -0.3 is 4.74 Å². The lowest BCUT2D eigenvalue weighted by molar-refractivity contribution is 0.0669. The van der Waals surface area contributed by atoms with Gasteiger partial charge in [0.25, 0.3) is 0 Å². The fourth-order valence-corrected chi connectivity index (χ4v) is 2.50. The highest BCUT2D eigenvalue weighted by atomic mass is 16.5. The van der Waals surface area contributed by atoms with Gasteiger partial charge in [0, 0.05) is 25.2 Å². The third-order valence-electron chi connectivity index (χ3n) is 3.62. The number of hydrogen-bond donors (Lipinski definition) is 0. The molecule has 0 spiro atoms. The van der Waals surface area contributed by atoms with E-state index in [4.69, 9.17) is 4.74 Å². The smallest absolute Gasteiger partial charge is 0.162 e. The first kappa shape index (κ1) is 12.8. The van der Waals surface area contributed by atoms with Crippen molar-refractivity contribution in [1.82, 2.24) is 0 Å². The number of benzene rings is 1. The number of ether oxygens (including phenoxy) is 1. The van der Waals surface area contributed by atoms with Gasteiger partial charge >= 0.3 is 0 Å². The van der Waals surface area contributed by atoms with Crippen molar-refractivity contribution in [3.63, 3.8) is 0 Å². The molecule has 0 atom stereocenters. The first-order valence-electron chi connectivity index (χ1n) is 6.35. The van der Waals surface area contributed by atoms with E-state index >= 15 is 0 Å². The van der Waals surface area contributed by atoms with E-state index in [0.29, 0.717) is 38.0 Å². The summed E-state index contributed by atoms with van der Waals surface area (Å²) in [7, 11) is 0. The molecular formula is C15H17NO2. The van der Waals surface area contributed by atoms with Gasteiger partial charge in [-0.2, -0.15) is 5.26 Å². The van der Waals surface area contributed by atoms with Crippen molar-refractivity contribution in [2.45, 2.75) is 31.6 Å². The van der Waals surface area contributed by atoms with E-state index in [1.54, 1.807) is 0 Å². The molecule has 3 heteroatoms. The monoisotopic (exact) mass is 243 g/mol. The quantitative estimate of drug-likeness (QED) is 0.767. The molecule has 3 nitrogen and oxygen atoms in total. The van der Waals surface area contributed by atoms with E-state index in [2.05, 4.69) is 6.07 Å². The van der Waals surface area contributed by atoms with Gasteiger partial charge in [0.15, 0.2) is 5.78 Å². The van der Waals surface area contributed by atoms with Crippen LogP contribution in [0.4, 0.5) is 0 Å². The third-order valence-corrected chi connectivity index (χ3v) is 3.62. The number of nitrogens with zero attached hydrogens (tertiary/aromatic N) is 1. The molecule has 0 N–H and O–H groups in total. The molecule has 1 heterocycles. The maximum absolute atomic E-state index is 12.0. The summed E-state index contributed by atoms with van der Waals surface area (Å²) in [4.78, 5) is 12.0. The predicted octanol–water partition coefficient (Wildman–Crippen LogP) is 2.85. The van der Waals surface area contributed by atoms with Gasteiger partial charge in [-0.05, 0) is 18.4 Å². The predicted molar refractivity (Wildman–Crippen MR) is 68.4 cm³/mol. The Kier molecular flexibility index (Phi) is 3.78. The number of ketones is 1. The van der Waals surface area contributed by atoms with Crippen LogP contribution < -0.4 is 0 Å². The van der Waals surface area contributed by atoms with E-state index in [9.17, 15) is 10.1 Å². The molecule has 1 aliphatic rings. The van der Waals surface area contributed by atoms with Crippen LogP contribution in [0.3, 0.4) is 0 Å². The van der Waals surface area contributed by atoms with Gasteiger partial charge in [0.05, 0.1) is 11.5 Å². The van der Waals surface area contributed by atoms with Crippen LogP contribution in [0.15, 0.2) is 24.3 Å². The summed E-state index contributed by atoms with van der Waals surface area (Å²) in [5.41, 5.74) is 1.02. The molecule has 18 heavy (non-hydrogen) atoms. The van der Waals surface area contributed by atoms with Crippen molar-refractivity contribution in [2.24, 2.45) is 0 Å². The van der Waals surface area contributed by atoms with E-state index in [1.165, 1.54) is 0 Å². The van der Waals surface area contributed by atoms with E-state index in [0.717, 1.165) is 5.56 Å². The Hall–Kier alpha value is -1.66. The number of rotatable bonds is 3. The fourth-order valence-electron chi connectivity index (χ4n) is 2.50. The summed E-state index contributed by atoms with van der Waals surface area (Å²) < 4.78 is 5.34. The molecule has 94 valence electrons. The van der Waals surface area contributed by atoms with Crippen molar-refractivity contribution >= 4 is 5.78 Å². The van der Waals surface area contributed by atoms with Gasteiger partial charge in [0.2, 0.25) is 0 Å². The molecule has 0 radical (unpaired) electrons. The number of Topliss-reactive ketones (excluding diaryl/α,β-unsaturated/α-hetero) is 1. The van der Waals surface area contributed by atoms with Crippen LogP contribution in [-0.2, 0) is 10.2 Å². The summed E-state index contributed by atoms with van der Waals surface area (Å²) in [5, 5.41) is 9.56. The molecule has 2 rings (SSSR count). The van der Waals surface area contributed by atoms with Crippen molar-refractivity contribution in [3.8, 4) is 6.07 Å². The number of hydrogen-bond acceptors (Lipinski definition) is 3. The highest BCUT2D eigenvalue weighted by Crippen LogP contribution is 2.36. The third kappa shape index (κ3) is 2.16. The average molecular weight is 243 g/mol. The molecule has 0 amide bonds. The highest BCUT2D eigenvalue weighted by molar-refractivity contribution is 5.97. The molecule has 1 aliphatic heterocycles. The molecular weight excluding hydrogens is 226 g/mol. The van der Waals surface area contributed by atoms with Crippen LogP contribution >= 0.6 is 0 Å². The maximum Gasteiger partial charge on any atom is 0.162 e. The van der Waals surface area contributed by atoms with Crippen LogP contribution in [0.1, 0.15) is 42.1 Å². The summed E-state index contributed by atoms with van der Waals surface area (Å²) in [5.74, 6) is 0.103. The second kappa shape index (κ2) is 5.32. The minimum atomic E-state index is -0.556. The second-order valence-corrected chi connectivity index (χ2v) is 4.63. The molecule has 1 fully saturated rings. The van der Waals surface area contributed by atoms with Crippen LogP contribution in [0.5, 0.6) is 0 Å². The lowest BCUT2D eigenvalue weighted by atomic mass is 9.73. The minimum absolute atomic E-state index is 0.103. The molecule has 0 saturated carbocycles. The minimum Gasteiger partial charge on any atom is -0.381 e. The lowest BCUT2D eigenvalue weighted by Gasteiger charge is -2.32. The SMILES string of the molecule is CCC(=O)c1ccccc1C1(C#N)CCOCC1. The second-order valence-electron chi connectivity index (χ2n) is 4.63. The first-order valence-corrected chi connectivity index (χ1v) is 6.35. The molecule has 1 aromatic carbocycles. The van der Waals surface area contributed by atoms with Gasteiger partial charge in [-0.3, -0.25) is 4.79 Å². The van der Waals surface area contributed by atoms with E-state index in [1.807, 2.05) is 31.2 Å². The van der Waals surface area contributed by atoms with Crippen LogP contribution in [0.25, 0.3) is 0 Å². The van der Waals surface area contributed by atoms with Crippen molar-refractivity contribution in [2.75, 3.05) is 13.2 Å². The summed E-state index contributed by atoms with van der Waals surface area (Å²) >= 11 is 0. The van der Waals surface area contributed by atoms with Gasteiger partial charge in [-0.25, -0.2) is 0 Å². The number of carbonyl (C=O) groups excluding carboxylic acids is 1. The highest BCUT2D eigenvalue weighted by Gasteiger charge is 2.37. The van der Waals surface area contributed by atoms with Crippen molar-refractivity contribution in [1.29, 1.82) is 5.26 Å².